The number of aliphatic hydroxyl groups is 1. The number of ether oxygens (including phenoxy) is 2. The smallest absolute Gasteiger partial charge is 0.311 e. The molecule has 266 valence electrons. The number of allylic oxidation sites excluding steroid dienone is 2. The molecular weight excluding hydrogens is 594 g/mol. The quantitative estimate of drug-likeness (QED) is 0.0581. The molecule has 2 aliphatic heterocycles. The van der Waals surface area contributed by atoms with Crippen LogP contribution in [0.15, 0.2) is 36.4 Å². The summed E-state index contributed by atoms with van der Waals surface area (Å²) in [5.41, 5.74) is 2.12. The molecule has 4 atom stereocenters. The molecular formula is C43H65NO4. The number of benzene rings is 1. The lowest BCUT2D eigenvalue weighted by molar-refractivity contribution is -0.174. The molecule has 3 fully saturated rings. The second-order valence-electron chi connectivity index (χ2n) is 16.1. The van der Waals surface area contributed by atoms with Gasteiger partial charge in [0, 0.05) is 24.6 Å². The third-order valence-corrected chi connectivity index (χ3v) is 12.6. The molecule has 1 spiro atoms. The molecule has 1 unspecified atom stereocenters. The van der Waals surface area contributed by atoms with Gasteiger partial charge < -0.3 is 14.6 Å². The summed E-state index contributed by atoms with van der Waals surface area (Å²) in [4.78, 5) is 15.6. The maximum absolute atomic E-state index is 13.0. The largest absolute Gasteiger partial charge is 0.481 e. The number of unbranched alkanes of at least 4 members (excludes halogenated alkanes) is 15. The number of hydrogen-bond acceptors (Lipinski definition) is 5. The Bertz CT molecular complexity index is 1270. The van der Waals surface area contributed by atoms with Crippen LogP contribution in [0, 0.1) is 5.92 Å². The molecule has 48 heavy (non-hydrogen) atoms. The van der Waals surface area contributed by atoms with Gasteiger partial charge in [-0.15, -0.1) is 0 Å². The molecule has 2 saturated carbocycles. The summed E-state index contributed by atoms with van der Waals surface area (Å²) >= 11 is 0. The molecule has 5 heteroatoms. The fourth-order valence-electron chi connectivity index (χ4n) is 9.68. The zero-order valence-corrected chi connectivity index (χ0v) is 30.3. The van der Waals surface area contributed by atoms with E-state index in [4.69, 9.17) is 9.47 Å². The van der Waals surface area contributed by atoms with Crippen molar-refractivity contribution in [1.29, 1.82) is 0 Å². The molecule has 2 heterocycles. The molecule has 0 amide bonds. The van der Waals surface area contributed by atoms with Gasteiger partial charge in [-0.3, -0.25) is 9.69 Å². The summed E-state index contributed by atoms with van der Waals surface area (Å²) in [7, 11) is 0. The van der Waals surface area contributed by atoms with E-state index in [-0.39, 0.29) is 18.1 Å². The van der Waals surface area contributed by atoms with Crippen LogP contribution < -0.4 is 9.47 Å². The van der Waals surface area contributed by atoms with Gasteiger partial charge in [0.2, 0.25) is 0 Å². The number of carbonyl (C=O) groups excluding carboxylic acids is 1. The van der Waals surface area contributed by atoms with Crippen LogP contribution in [0.25, 0.3) is 0 Å². The van der Waals surface area contributed by atoms with Crippen LogP contribution in [0.5, 0.6) is 11.5 Å². The van der Waals surface area contributed by atoms with Gasteiger partial charge in [-0.1, -0.05) is 109 Å². The molecule has 5 aliphatic rings. The summed E-state index contributed by atoms with van der Waals surface area (Å²) in [6, 6.07) is 4.21. The SMILES string of the molecule is C=C1CC[C@@]2(O)C3Cc4ccc(OC(=O)CCCCCCCCCCC/C=C\CCCCCCCC)c5c4[C@@]2(CCN3CC2CC2)[C@H]1O5. The second-order valence-corrected chi connectivity index (χ2v) is 16.1. The zero-order chi connectivity index (χ0) is 33.4. The fourth-order valence-corrected chi connectivity index (χ4v) is 9.68. The Morgan fingerprint density at radius 1 is 0.938 bits per heavy atom. The van der Waals surface area contributed by atoms with Crippen LogP contribution in [0.1, 0.15) is 166 Å². The van der Waals surface area contributed by atoms with Crippen molar-refractivity contribution < 1.29 is 19.4 Å². The standard InChI is InChI=1S/C43H65NO4/c1-3-4-5-6-7-8-9-10-11-12-13-14-15-16-17-18-19-20-21-22-38(45)47-36-26-25-35-31-37-43(46)28-27-33(2)41-42(43,39(35)40(36)48-41)29-30-44(37)32-34-23-24-34/h10-11,25-26,34,37,41,46H,2-9,12-24,27-32H2,1H3/b11-10-/t37?,41-,42-,43+/m0/s1. The lowest BCUT2D eigenvalue weighted by Gasteiger charge is -2.63. The lowest BCUT2D eigenvalue weighted by atomic mass is 9.48. The number of hydrogen-bond donors (Lipinski definition) is 1. The molecule has 0 radical (unpaired) electrons. The van der Waals surface area contributed by atoms with E-state index in [0.29, 0.717) is 17.9 Å². The molecule has 3 aliphatic carbocycles. The Labute approximate surface area is 291 Å². The van der Waals surface area contributed by atoms with Crippen LogP contribution in [-0.2, 0) is 16.6 Å². The van der Waals surface area contributed by atoms with Gasteiger partial charge in [0.1, 0.15) is 6.10 Å². The molecule has 0 aromatic heterocycles. The second kappa shape index (κ2) is 16.7. The summed E-state index contributed by atoms with van der Waals surface area (Å²) in [5, 5.41) is 12.6. The topological polar surface area (TPSA) is 59.0 Å². The van der Waals surface area contributed by atoms with E-state index < -0.39 is 11.0 Å². The van der Waals surface area contributed by atoms with Gasteiger partial charge in [0.05, 0.1) is 11.0 Å². The average Bonchev–Trinajstić information content (AvgIpc) is 3.82. The average molecular weight is 660 g/mol. The van der Waals surface area contributed by atoms with Crippen LogP contribution in [0.4, 0.5) is 0 Å². The Morgan fingerprint density at radius 2 is 1.58 bits per heavy atom. The monoisotopic (exact) mass is 659 g/mol. The van der Waals surface area contributed by atoms with E-state index in [9.17, 15) is 9.90 Å². The van der Waals surface area contributed by atoms with E-state index in [1.807, 2.05) is 6.07 Å². The summed E-state index contributed by atoms with van der Waals surface area (Å²) < 4.78 is 12.7. The maximum Gasteiger partial charge on any atom is 0.311 e. The first kappa shape index (κ1) is 35.7. The van der Waals surface area contributed by atoms with Crippen molar-refractivity contribution in [1.82, 2.24) is 4.90 Å². The molecule has 5 nitrogen and oxygen atoms in total. The molecule has 6 rings (SSSR count). The van der Waals surface area contributed by atoms with Crippen molar-refractivity contribution in [3.63, 3.8) is 0 Å². The van der Waals surface area contributed by atoms with E-state index in [0.717, 1.165) is 68.7 Å². The van der Waals surface area contributed by atoms with E-state index in [2.05, 4.69) is 36.6 Å². The Kier molecular flexibility index (Phi) is 12.4. The predicted octanol–water partition coefficient (Wildman–Crippen LogP) is 10.3. The molecule has 1 N–H and O–H groups in total. The molecule has 1 aromatic carbocycles. The third-order valence-electron chi connectivity index (χ3n) is 12.6. The van der Waals surface area contributed by atoms with Gasteiger partial charge >= 0.3 is 5.97 Å². The number of nitrogens with zero attached hydrogens (tertiary/aromatic N) is 1. The minimum atomic E-state index is -0.836. The van der Waals surface area contributed by atoms with E-state index >= 15 is 0 Å². The minimum absolute atomic E-state index is 0.115. The predicted molar refractivity (Wildman–Crippen MR) is 196 cm³/mol. The van der Waals surface area contributed by atoms with E-state index in [1.54, 1.807) is 0 Å². The Balaban J connectivity index is 0.882. The number of piperidine rings is 1. The van der Waals surface area contributed by atoms with Crippen molar-refractivity contribution in [2.45, 2.75) is 184 Å². The summed E-state index contributed by atoms with van der Waals surface area (Å²) in [6.45, 7) is 8.79. The summed E-state index contributed by atoms with van der Waals surface area (Å²) in [5.74, 6) is 1.85. The zero-order valence-electron chi connectivity index (χ0n) is 30.3. The first-order valence-electron chi connectivity index (χ1n) is 20.3. The normalized spacial score (nSPS) is 27.3. The van der Waals surface area contributed by atoms with Gasteiger partial charge in [-0.25, -0.2) is 0 Å². The number of likely N-dealkylation sites (tertiary alicyclic amines) is 1. The third kappa shape index (κ3) is 7.78. The highest BCUT2D eigenvalue weighted by atomic mass is 16.6. The highest BCUT2D eigenvalue weighted by Crippen LogP contribution is 2.66. The highest BCUT2D eigenvalue weighted by molar-refractivity contribution is 5.75. The van der Waals surface area contributed by atoms with Crippen molar-refractivity contribution in [3.8, 4) is 11.5 Å². The van der Waals surface area contributed by atoms with Crippen molar-refractivity contribution in [3.05, 3.63) is 47.6 Å². The van der Waals surface area contributed by atoms with Crippen LogP contribution >= 0.6 is 0 Å². The van der Waals surface area contributed by atoms with Gasteiger partial charge in [-0.05, 0) is 100 Å². The first-order chi connectivity index (χ1) is 23.5. The summed E-state index contributed by atoms with van der Waals surface area (Å²) in [6.07, 6.45) is 32.7. The Morgan fingerprint density at radius 3 is 2.25 bits per heavy atom. The number of rotatable bonds is 22. The van der Waals surface area contributed by atoms with Gasteiger partial charge in [0.15, 0.2) is 11.5 Å². The number of esters is 1. The van der Waals surface area contributed by atoms with Crippen molar-refractivity contribution in [2.75, 3.05) is 13.1 Å². The highest BCUT2D eigenvalue weighted by Gasteiger charge is 2.72. The van der Waals surface area contributed by atoms with Crippen LogP contribution in [0.2, 0.25) is 0 Å². The lowest BCUT2D eigenvalue weighted by Crippen LogP contribution is -2.75. The van der Waals surface area contributed by atoms with Crippen LogP contribution in [0.3, 0.4) is 0 Å². The molecule has 1 saturated heterocycles. The van der Waals surface area contributed by atoms with Gasteiger partial charge in [-0.2, -0.15) is 0 Å². The number of carbonyl (C=O) groups is 1. The van der Waals surface area contributed by atoms with Crippen molar-refractivity contribution in [2.24, 2.45) is 5.92 Å². The fraction of sp³-hybridized carbons (Fsp3) is 0.744. The first-order valence-corrected chi connectivity index (χ1v) is 20.3. The molecule has 1 aromatic rings. The van der Waals surface area contributed by atoms with E-state index in [1.165, 1.54) is 115 Å². The van der Waals surface area contributed by atoms with Gasteiger partial charge in [0.25, 0.3) is 0 Å². The Hall–Kier alpha value is -2.11. The molecule has 2 bridgehead atoms. The minimum Gasteiger partial charge on any atom is -0.481 e. The maximum atomic E-state index is 13.0. The van der Waals surface area contributed by atoms with Crippen molar-refractivity contribution >= 4 is 5.97 Å². The van der Waals surface area contributed by atoms with Crippen LogP contribution in [-0.4, -0.2) is 46.8 Å².